The van der Waals surface area contributed by atoms with Gasteiger partial charge in [-0.25, -0.2) is 17.8 Å². The highest BCUT2D eigenvalue weighted by atomic mass is 35.5. The minimum absolute atomic E-state index is 0.0381. The minimum atomic E-state index is -3.80. The highest BCUT2D eigenvalue weighted by Gasteiger charge is 2.20. The molecule has 0 aliphatic carbocycles. The molecule has 0 saturated heterocycles. The minimum Gasteiger partial charge on any atom is -0.419 e. The molecule has 4 aromatic rings. The number of aryl methyl sites for hydroxylation is 1. The average molecular weight is 521 g/mol. The van der Waals surface area contributed by atoms with E-state index in [1.165, 1.54) is 12.3 Å². The molecule has 0 unspecified atom stereocenters. The number of nitrogens with zero attached hydrogens (tertiary/aromatic N) is 5. The van der Waals surface area contributed by atoms with Crippen LogP contribution in [0.5, 0.6) is 0 Å². The summed E-state index contributed by atoms with van der Waals surface area (Å²) >= 11 is 11.6. The van der Waals surface area contributed by atoms with E-state index < -0.39 is 15.6 Å². The van der Waals surface area contributed by atoms with Crippen LogP contribution in [-0.4, -0.2) is 39.9 Å². The predicted molar refractivity (Wildman–Crippen MR) is 125 cm³/mol. The molecule has 34 heavy (non-hydrogen) atoms. The first kappa shape index (κ1) is 24.0. The van der Waals surface area contributed by atoms with Crippen LogP contribution in [0.1, 0.15) is 17.1 Å². The van der Waals surface area contributed by atoms with Crippen LogP contribution in [0.2, 0.25) is 10.0 Å². The Hall–Kier alpha value is -3.12. The molecular weight excluding hydrogens is 503 g/mol. The molecule has 3 aromatic heterocycles. The number of aromatic nitrogens is 5. The lowest BCUT2D eigenvalue weighted by atomic mass is 10.1. The third kappa shape index (κ3) is 5.33. The normalized spacial score (nSPS) is 11.6. The number of rotatable bonds is 8. The molecule has 0 spiro atoms. The lowest BCUT2D eigenvalue weighted by Gasteiger charge is -2.10. The van der Waals surface area contributed by atoms with Gasteiger partial charge in [-0.2, -0.15) is 5.10 Å². The van der Waals surface area contributed by atoms with Gasteiger partial charge in [-0.1, -0.05) is 35.3 Å². The van der Waals surface area contributed by atoms with Crippen molar-refractivity contribution in [1.82, 2.24) is 29.7 Å². The third-order valence-electron chi connectivity index (χ3n) is 4.82. The van der Waals surface area contributed by atoms with Crippen molar-refractivity contribution in [2.24, 2.45) is 0 Å². The first-order valence-corrected chi connectivity index (χ1v) is 12.2. The summed E-state index contributed by atoms with van der Waals surface area (Å²) in [5.41, 5.74) is 1.14. The van der Waals surface area contributed by atoms with Gasteiger partial charge in [0.2, 0.25) is 21.8 Å². The maximum atomic E-state index is 12.9. The zero-order valence-corrected chi connectivity index (χ0v) is 20.1. The molecule has 0 bridgehead atoms. The van der Waals surface area contributed by atoms with Crippen molar-refractivity contribution in [3.63, 3.8) is 0 Å². The van der Waals surface area contributed by atoms with E-state index in [0.717, 1.165) is 10.4 Å². The summed E-state index contributed by atoms with van der Waals surface area (Å²) < 4.78 is 35.1. The van der Waals surface area contributed by atoms with Gasteiger partial charge in [0.05, 0.1) is 16.1 Å². The van der Waals surface area contributed by atoms with E-state index >= 15 is 0 Å². The summed E-state index contributed by atoms with van der Waals surface area (Å²) in [6.45, 7) is 1.76. The maximum Gasteiger partial charge on any atom is 0.287 e. The third-order valence-corrected chi connectivity index (χ3v) is 7.17. The van der Waals surface area contributed by atoms with Crippen LogP contribution < -0.4 is 10.3 Å². The summed E-state index contributed by atoms with van der Waals surface area (Å²) in [7, 11) is -3.80. The molecule has 0 amide bonds. The SMILES string of the molecule is Cc1ccc(-c2nnc(Cn3ncc(Cl)c(Cl)c3=O)o2)cc1S(=O)(=O)NCCc1ccccn1. The molecule has 0 aliphatic rings. The largest absolute Gasteiger partial charge is 0.419 e. The van der Waals surface area contributed by atoms with Crippen LogP contribution in [-0.2, 0) is 23.0 Å². The lowest BCUT2D eigenvalue weighted by molar-refractivity contribution is 0.465. The molecule has 0 radical (unpaired) electrons. The van der Waals surface area contributed by atoms with E-state index in [1.807, 2.05) is 12.1 Å². The standard InChI is InChI=1S/C21H18Cl2N6O4S/c1-13-5-6-14(10-17(13)34(31,32)26-9-7-15-4-2-3-8-24-15)20-28-27-18(33-20)12-29-21(30)19(23)16(22)11-25-29/h2-6,8,10-11,26H,7,9,12H2,1H3. The Morgan fingerprint density at radius 3 is 2.74 bits per heavy atom. The van der Waals surface area contributed by atoms with Gasteiger partial charge < -0.3 is 4.42 Å². The van der Waals surface area contributed by atoms with Crippen molar-refractivity contribution in [2.75, 3.05) is 6.54 Å². The Morgan fingerprint density at radius 2 is 1.97 bits per heavy atom. The zero-order chi connectivity index (χ0) is 24.3. The van der Waals surface area contributed by atoms with E-state index in [0.29, 0.717) is 17.5 Å². The van der Waals surface area contributed by atoms with Gasteiger partial charge in [-0.05, 0) is 36.8 Å². The molecule has 13 heteroatoms. The second-order valence-corrected chi connectivity index (χ2v) is 9.74. The van der Waals surface area contributed by atoms with Crippen LogP contribution in [0.4, 0.5) is 0 Å². The van der Waals surface area contributed by atoms with E-state index in [-0.39, 0.29) is 39.8 Å². The average Bonchev–Trinajstić information content (AvgIpc) is 3.29. The monoisotopic (exact) mass is 520 g/mol. The van der Waals surface area contributed by atoms with Crippen LogP contribution in [0.15, 0.2) is 62.9 Å². The Kier molecular flexibility index (Phi) is 7.08. The molecule has 10 nitrogen and oxygen atoms in total. The van der Waals surface area contributed by atoms with Crippen molar-refractivity contribution < 1.29 is 12.8 Å². The van der Waals surface area contributed by atoms with Crippen molar-refractivity contribution in [1.29, 1.82) is 0 Å². The van der Waals surface area contributed by atoms with Gasteiger partial charge in [0.25, 0.3) is 5.56 Å². The number of nitrogens with one attached hydrogen (secondary N) is 1. The Bertz CT molecular complexity index is 1490. The Labute approximate surface area is 204 Å². The Balaban J connectivity index is 1.52. The number of sulfonamides is 1. The first-order valence-electron chi connectivity index (χ1n) is 9.99. The van der Waals surface area contributed by atoms with Crippen molar-refractivity contribution in [3.8, 4) is 11.5 Å². The summed E-state index contributed by atoms with van der Waals surface area (Å²) in [5.74, 6) is 0.175. The van der Waals surface area contributed by atoms with Gasteiger partial charge in [0, 0.05) is 30.4 Å². The molecule has 3 heterocycles. The lowest BCUT2D eigenvalue weighted by Crippen LogP contribution is -2.26. The van der Waals surface area contributed by atoms with Gasteiger partial charge in [-0.15, -0.1) is 10.2 Å². The Morgan fingerprint density at radius 1 is 1.15 bits per heavy atom. The second-order valence-electron chi connectivity index (χ2n) is 7.22. The highest BCUT2D eigenvalue weighted by molar-refractivity contribution is 7.89. The van der Waals surface area contributed by atoms with Gasteiger partial charge in [0.1, 0.15) is 11.6 Å². The number of hydrogen-bond donors (Lipinski definition) is 1. The fourth-order valence-electron chi connectivity index (χ4n) is 3.08. The van der Waals surface area contributed by atoms with Crippen LogP contribution >= 0.6 is 23.2 Å². The summed E-state index contributed by atoms with van der Waals surface area (Å²) in [6.07, 6.45) is 3.35. The molecule has 0 fully saturated rings. The van der Waals surface area contributed by atoms with Crippen LogP contribution in [0.3, 0.4) is 0 Å². The van der Waals surface area contributed by atoms with Gasteiger partial charge >= 0.3 is 0 Å². The molecule has 0 atom stereocenters. The molecule has 1 aromatic carbocycles. The van der Waals surface area contributed by atoms with Crippen molar-refractivity contribution in [2.45, 2.75) is 24.8 Å². The van der Waals surface area contributed by atoms with Crippen LogP contribution in [0.25, 0.3) is 11.5 Å². The fourth-order valence-corrected chi connectivity index (χ4v) is 4.65. The molecule has 4 rings (SSSR count). The van der Waals surface area contributed by atoms with Gasteiger partial charge in [-0.3, -0.25) is 9.78 Å². The van der Waals surface area contributed by atoms with Crippen molar-refractivity contribution >= 4 is 33.2 Å². The smallest absolute Gasteiger partial charge is 0.287 e. The van der Waals surface area contributed by atoms with E-state index in [2.05, 4.69) is 25.0 Å². The predicted octanol–water partition coefficient (Wildman–Crippen LogP) is 2.87. The van der Waals surface area contributed by atoms with E-state index in [9.17, 15) is 13.2 Å². The molecular formula is C21H18Cl2N6O4S. The maximum absolute atomic E-state index is 12.9. The molecule has 1 N–H and O–H groups in total. The quantitative estimate of drug-likeness (QED) is 0.374. The van der Waals surface area contributed by atoms with Crippen LogP contribution in [0, 0.1) is 6.92 Å². The number of pyridine rings is 1. The summed E-state index contributed by atoms with van der Waals surface area (Å²) in [4.78, 5) is 16.4. The second kappa shape index (κ2) is 10.0. The highest BCUT2D eigenvalue weighted by Crippen LogP contribution is 2.24. The zero-order valence-electron chi connectivity index (χ0n) is 17.8. The summed E-state index contributed by atoms with van der Waals surface area (Å²) in [5, 5.41) is 11.6. The summed E-state index contributed by atoms with van der Waals surface area (Å²) in [6, 6.07) is 10.2. The first-order chi connectivity index (χ1) is 16.2. The molecule has 0 saturated carbocycles. The van der Waals surface area contributed by atoms with Crippen molar-refractivity contribution in [3.05, 3.63) is 86.3 Å². The number of halogens is 2. The topological polar surface area (TPSA) is 133 Å². The molecule has 176 valence electrons. The van der Waals surface area contributed by atoms with E-state index in [4.69, 9.17) is 27.6 Å². The number of benzene rings is 1. The molecule has 0 aliphatic heterocycles. The fraction of sp³-hybridized carbons (Fsp3) is 0.190. The number of hydrogen-bond acceptors (Lipinski definition) is 8. The van der Waals surface area contributed by atoms with Gasteiger partial charge in [0.15, 0.2) is 0 Å². The van der Waals surface area contributed by atoms with E-state index in [1.54, 1.807) is 31.3 Å².